The molecule has 5 nitrogen and oxygen atoms in total. The van der Waals surface area contributed by atoms with Crippen molar-refractivity contribution in [3.63, 3.8) is 0 Å². The van der Waals surface area contributed by atoms with E-state index >= 15 is 0 Å². The Balaban J connectivity index is 2.02. The molecule has 0 atom stereocenters. The largest absolute Gasteiger partial charge is 0.490 e. The van der Waals surface area contributed by atoms with Crippen LogP contribution in [-0.2, 0) is 35.5 Å². The number of amides is 1. The van der Waals surface area contributed by atoms with Crippen LogP contribution in [0.4, 0.5) is 4.39 Å². The summed E-state index contributed by atoms with van der Waals surface area (Å²) in [5.41, 5.74) is 7.82. The first kappa shape index (κ1) is 19.4. The first-order valence-corrected chi connectivity index (χ1v) is 9.83. The molecule has 2 aliphatic heterocycles. The highest BCUT2D eigenvalue weighted by Gasteiger charge is 2.30. The molecule has 4 rings (SSSR count). The molecule has 2 aromatic rings. The van der Waals surface area contributed by atoms with Crippen molar-refractivity contribution < 1.29 is 23.8 Å². The summed E-state index contributed by atoms with van der Waals surface area (Å²) in [7, 11) is 0. The lowest BCUT2D eigenvalue weighted by atomic mass is 9.81. The second-order valence-electron chi connectivity index (χ2n) is 7.93. The van der Waals surface area contributed by atoms with Gasteiger partial charge in [-0.05, 0) is 84.2 Å². The van der Waals surface area contributed by atoms with Crippen molar-refractivity contribution in [1.82, 2.24) is 4.90 Å². The first-order valence-electron chi connectivity index (χ1n) is 9.83. The molecule has 0 bridgehead atoms. The van der Waals surface area contributed by atoms with E-state index in [0.29, 0.717) is 31.0 Å². The summed E-state index contributed by atoms with van der Waals surface area (Å²) in [5.74, 6) is -1.02. The van der Waals surface area contributed by atoms with Crippen LogP contribution < -0.4 is 4.74 Å². The molecule has 0 saturated heterocycles. The Hall–Kier alpha value is -2.89. The monoisotopic (exact) mass is 397 g/mol. The Labute approximate surface area is 169 Å². The molecule has 2 heterocycles. The van der Waals surface area contributed by atoms with Crippen molar-refractivity contribution in [2.45, 2.75) is 53.1 Å². The molecular weight excluding hydrogens is 373 g/mol. The van der Waals surface area contributed by atoms with E-state index in [1.54, 1.807) is 4.90 Å². The molecule has 0 radical (unpaired) electrons. The highest BCUT2D eigenvalue weighted by atomic mass is 19.1. The third-order valence-corrected chi connectivity index (χ3v) is 6.30. The second-order valence-corrected chi connectivity index (χ2v) is 7.93. The van der Waals surface area contributed by atoms with Gasteiger partial charge in [0.2, 0.25) is 6.41 Å². The van der Waals surface area contributed by atoms with E-state index in [1.807, 2.05) is 20.8 Å². The maximum Gasteiger partial charge on any atom is 0.307 e. The normalized spacial score (nSPS) is 15.0. The predicted octanol–water partition coefficient (Wildman–Crippen LogP) is 3.84. The molecule has 0 fully saturated rings. The minimum atomic E-state index is -0.932. The molecule has 1 amide bonds. The molecule has 0 aliphatic carbocycles. The lowest BCUT2D eigenvalue weighted by Crippen LogP contribution is -2.14. The first-order chi connectivity index (χ1) is 13.8. The fraction of sp³-hybridized carbons (Fsp3) is 0.391. The van der Waals surface area contributed by atoms with E-state index < -0.39 is 11.8 Å². The Morgan fingerprint density at radius 3 is 2.52 bits per heavy atom. The van der Waals surface area contributed by atoms with Crippen molar-refractivity contribution in [3.8, 4) is 16.9 Å². The molecule has 0 spiro atoms. The summed E-state index contributed by atoms with van der Waals surface area (Å²) >= 11 is 0. The fourth-order valence-corrected chi connectivity index (χ4v) is 4.82. The molecular formula is C23H24FNO4. The van der Waals surface area contributed by atoms with Gasteiger partial charge in [-0.3, -0.25) is 9.59 Å². The van der Waals surface area contributed by atoms with Gasteiger partial charge in [0.05, 0.1) is 13.0 Å². The number of carboxylic acids is 1. The average Bonchev–Trinajstić information content (AvgIpc) is 3.14. The van der Waals surface area contributed by atoms with Crippen molar-refractivity contribution in [2.24, 2.45) is 0 Å². The number of nitrogens with zero attached hydrogens (tertiary/aromatic N) is 1. The van der Waals surface area contributed by atoms with Gasteiger partial charge in [0.25, 0.3) is 0 Å². The number of carbonyl (C=O) groups is 2. The SMILES string of the molecule is Cc1c(-c2c(C)c3c(c(C)c2CC(=O)O)CN(C=O)C3)cc(F)c2c1CCCO2. The van der Waals surface area contributed by atoms with Gasteiger partial charge in [0, 0.05) is 18.7 Å². The lowest BCUT2D eigenvalue weighted by molar-refractivity contribution is -0.136. The smallest absolute Gasteiger partial charge is 0.307 e. The van der Waals surface area contributed by atoms with Crippen molar-refractivity contribution in [2.75, 3.05) is 6.61 Å². The zero-order valence-electron chi connectivity index (χ0n) is 16.9. The van der Waals surface area contributed by atoms with Gasteiger partial charge in [-0.25, -0.2) is 4.39 Å². The molecule has 0 saturated carbocycles. The maximum atomic E-state index is 14.9. The second kappa shape index (κ2) is 7.17. The molecule has 2 aromatic carbocycles. The maximum absolute atomic E-state index is 14.9. The van der Waals surface area contributed by atoms with Crippen LogP contribution in [0.3, 0.4) is 0 Å². The van der Waals surface area contributed by atoms with Gasteiger partial charge < -0.3 is 14.7 Å². The van der Waals surface area contributed by atoms with Crippen LogP contribution >= 0.6 is 0 Å². The van der Waals surface area contributed by atoms with Crippen molar-refractivity contribution in [1.29, 1.82) is 0 Å². The summed E-state index contributed by atoms with van der Waals surface area (Å²) in [4.78, 5) is 24.7. The number of fused-ring (bicyclic) bond motifs is 2. The average molecular weight is 397 g/mol. The molecule has 29 heavy (non-hydrogen) atoms. The van der Waals surface area contributed by atoms with Gasteiger partial charge in [0.1, 0.15) is 0 Å². The summed E-state index contributed by atoms with van der Waals surface area (Å²) in [6.45, 7) is 7.27. The molecule has 1 N–H and O–H groups in total. The number of hydrogen-bond acceptors (Lipinski definition) is 3. The number of hydrogen-bond donors (Lipinski definition) is 1. The van der Waals surface area contributed by atoms with Crippen LogP contribution in [0.15, 0.2) is 6.07 Å². The quantitative estimate of drug-likeness (QED) is 0.796. The number of carbonyl (C=O) groups excluding carboxylic acids is 1. The number of aliphatic carboxylic acids is 1. The fourth-order valence-electron chi connectivity index (χ4n) is 4.82. The molecule has 6 heteroatoms. The van der Waals surface area contributed by atoms with Crippen molar-refractivity contribution >= 4 is 12.4 Å². The van der Waals surface area contributed by atoms with Crippen LogP contribution in [0.1, 0.15) is 45.4 Å². The predicted molar refractivity (Wildman–Crippen MR) is 107 cm³/mol. The van der Waals surface area contributed by atoms with Crippen LogP contribution in [0.25, 0.3) is 11.1 Å². The zero-order valence-corrected chi connectivity index (χ0v) is 16.9. The van der Waals surface area contributed by atoms with Crippen LogP contribution in [-0.4, -0.2) is 29.0 Å². The lowest BCUT2D eigenvalue weighted by Gasteiger charge is -2.25. The molecule has 152 valence electrons. The van der Waals surface area contributed by atoms with E-state index in [0.717, 1.165) is 63.8 Å². The summed E-state index contributed by atoms with van der Waals surface area (Å²) in [6, 6.07) is 1.48. The van der Waals surface area contributed by atoms with E-state index in [1.165, 1.54) is 6.07 Å². The molecule has 2 aliphatic rings. The zero-order chi connectivity index (χ0) is 20.9. The summed E-state index contributed by atoms with van der Waals surface area (Å²) in [6.07, 6.45) is 2.24. The van der Waals surface area contributed by atoms with Crippen LogP contribution in [0, 0.1) is 26.6 Å². The van der Waals surface area contributed by atoms with Crippen LogP contribution in [0.5, 0.6) is 5.75 Å². The van der Waals surface area contributed by atoms with Crippen molar-refractivity contribution in [3.05, 3.63) is 50.8 Å². The Morgan fingerprint density at radius 1 is 1.17 bits per heavy atom. The van der Waals surface area contributed by atoms with Gasteiger partial charge >= 0.3 is 5.97 Å². The van der Waals surface area contributed by atoms with Gasteiger partial charge in [-0.2, -0.15) is 0 Å². The molecule has 0 aromatic heterocycles. The topological polar surface area (TPSA) is 66.8 Å². The summed E-state index contributed by atoms with van der Waals surface area (Å²) < 4.78 is 20.5. The third kappa shape index (κ3) is 3.07. The number of ether oxygens (including phenoxy) is 1. The third-order valence-electron chi connectivity index (χ3n) is 6.30. The number of rotatable bonds is 4. The minimum absolute atomic E-state index is 0.148. The van der Waals surface area contributed by atoms with Gasteiger partial charge in [0.15, 0.2) is 11.6 Å². The Kier molecular flexibility index (Phi) is 4.81. The van der Waals surface area contributed by atoms with E-state index in [2.05, 4.69) is 0 Å². The van der Waals surface area contributed by atoms with E-state index in [-0.39, 0.29) is 6.42 Å². The highest BCUT2D eigenvalue weighted by Crippen LogP contribution is 2.43. The molecule has 0 unspecified atom stereocenters. The van der Waals surface area contributed by atoms with E-state index in [9.17, 15) is 19.1 Å². The van der Waals surface area contributed by atoms with E-state index in [4.69, 9.17) is 4.74 Å². The highest BCUT2D eigenvalue weighted by molar-refractivity contribution is 5.84. The van der Waals surface area contributed by atoms with Gasteiger partial charge in [-0.1, -0.05) is 0 Å². The number of halogens is 1. The van der Waals surface area contributed by atoms with Crippen LogP contribution in [0.2, 0.25) is 0 Å². The Bertz CT molecular complexity index is 1040. The Morgan fingerprint density at radius 2 is 1.86 bits per heavy atom. The number of carboxylic acid groups (broad SMARTS) is 1. The van der Waals surface area contributed by atoms with Gasteiger partial charge in [-0.15, -0.1) is 0 Å². The number of benzene rings is 2. The minimum Gasteiger partial charge on any atom is -0.490 e. The summed E-state index contributed by atoms with van der Waals surface area (Å²) in [5, 5.41) is 9.56. The standard InChI is InChI=1S/C23H24FNO4/c1-12-15-5-4-6-29-23(15)20(24)7-16(12)22-14(3)19-10-25(11-26)9-18(19)13(2)17(22)8-21(27)28/h7,11H,4-6,8-10H2,1-3H3,(H,27,28).